The Bertz CT molecular complexity index is 393. The summed E-state index contributed by atoms with van der Waals surface area (Å²) in [4.78, 5) is 13.0. The second kappa shape index (κ2) is 8.56. The lowest BCUT2D eigenvalue weighted by molar-refractivity contribution is -0.122. The molecule has 3 N–H and O–H groups in total. The van der Waals surface area contributed by atoms with Crippen molar-refractivity contribution in [1.82, 2.24) is 5.32 Å². The maximum atomic E-state index is 11.8. The lowest BCUT2D eigenvalue weighted by Crippen LogP contribution is -2.30. The number of nitrogens with one attached hydrogen (secondary N) is 1. The molecule has 3 nitrogen and oxygen atoms in total. The molecule has 19 heavy (non-hydrogen) atoms. The molecule has 1 heterocycles. The van der Waals surface area contributed by atoms with Crippen molar-refractivity contribution in [1.29, 1.82) is 0 Å². The quantitative estimate of drug-likeness (QED) is 0.775. The van der Waals surface area contributed by atoms with Crippen LogP contribution in [0.2, 0.25) is 4.34 Å². The van der Waals surface area contributed by atoms with E-state index in [4.69, 9.17) is 17.3 Å². The minimum atomic E-state index is 0.0961. The molecule has 0 bridgehead atoms. The summed E-state index contributed by atoms with van der Waals surface area (Å²) in [6, 6.07) is 3.89. The molecule has 0 unspecified atom stereocenters. The number of thiophene rings is 1. The molecule has 0 saturated heterocycles. The molecule has 1 atom stereocenters. The summed E-state index contributed by atoms with van der Waals surface area (Å²) < 4.78 is 0.793. The summed E-state index contributed by atoms with van der Waals surface area (Å²) in [6.07, 6.45) is 2.37. The summed E-state index contributed by atoms with van der Waals surface area (Å²) in [6.45, 7) is 5.54. The van der Waals surface area contributed by atoms with Crippen molar-refractivity contribution in [3.63, 3.8) is 0 Å². The van der Waals surface area contributed by atoms with E-state index in [1.807, 2.05) is 12.1 Å². The Kier molecular flexibility index (Phi) is 7.42. The Labute approximate surface area is 124 Å². The summed E-state index contributed by atoms with van der Waals surface area (Å²) in [5, 5.41) is 2.95. The van der Waals surface area contributed by atoms with Gasteiger partial charge in [0.15, 0.2) is 0 Å². The van der Waals surface area contributed by atoms with E-state index in [2.05, 4.69) is 19.2 Å². The van der Waals surface area contributed by atoms with Gasteiger partial charge in [-0.05, 0) is 43.4 Å². The van der Waals surface area contributed by atoms with Crippen LogP contribution >= 0.6 is 22.9 Å². The van der Waals surface area contributed by atoms with Crippen molar-refractivity contribution in [2.75, 3.05) is 13.1 Å². The van der Waals surface area contributed by atoms with E-state index in [1.54, 1.807) is 11.3 Å². The first kappa shape index (κ1) is 16.5. The van der Waals surface area contributed by atoms with Gasteiger partial charge in [0.1, 0.15) is 0 Å². The number of hydrogen-bond donors (Lipinski definition) is 2. The first-order valence-corrected chi connectivity index (χ1v) is 7.91. The lowest BCUT2D eigenvalue weighted by Gasteiger charge is -2.16. The maximum absolute atomic E-state index is 11.8. The van der Waals surface area contributed by atoms with Gasteiger partial charge in [-0.15, -0.1) is 11.3 Å². The smallest absolute Gasteiger partial charge is 0.220 e. The molecular formula is C14H23ClN2OS. The molecule has 1 aromatic heterocycles. The third-order valence-electron chi connectivity index (χ3n) is 2.93. The molecule has 5 heteroatoms. The van der Waals surface area contributed by atoms with E-state index >= 15 is 0 Å². The van der Waals surface area contributed by atoms with Gasteiger partial charge >= 0.3 is 0 Å². The van der Waals surface area contributed by atoms with Crippen LogP contribution in [0.3, 0.4) is 0 Å². The average molecular weight is 303 g/mol. The second-order valence-electron chi connectivity index (χ2n) is 5.24. The van der Waals surface area contributed by atoms with Gasteiger partial charge in [-0.25, -0.2) is 0 Å². The highest BCUT2D eigenvalue weighted by Crippen LogP contribution is 2.21. The minimum Gasteiger partial charge on any atom is -0.356 e. The van der Waals surface area contributed by atoms with E-state index in [-0.39, 0.29) is 11.8 Å². The van der Waals surface area contributed by atoms with Gasteiger partial charge in [0.25, 0.3) is 0 Å². The summed E-state index contributed by atoms with van der Waals surface area (Å²) in [5.41, 5.74) is 5.70. The molecular weight excluding hydrogens is 280 g/mol. The van der Waals surface area contributed by atoms with Crippen LogP contribution < -0.4 is 11.1 Å². The summed E-state index contributed by atoms with van der Waals surface area (Å²) in [7, 11) is 0. The van der Waals surface area contributed by atoms with Crippen molar-refractivity contribution in [2.24, 2.45) is 17.6 Å². The van der Waals surface area contributed by atoms with Crippen LogP contribution in [0.5, 0.6) is 0 Å². The first-order chi connectivity index (χ1) is 9.01. The predicted octanol–water partition coefficient (Wildman–Crippen LogP) is 3.07. The highest BCUT2D eigenvalue weighted by molar-refractivity contribution is 7.16. The summed E-state index contributed by atoms with van der Waals surface area (Å²) >= 11 is 7.42. The topological polar surface area (TPSA) is 55.1 Å². The maximum Gasteiger partial charge on any atom is 0.220 e. The molecule has 108 valence electrons. The molecule has 0 aromatic carbocycles. The fraction of sp³-hybridized carbons (Fsp3) is 0.643. The predicted molar refractivity (Wildman–Crippen MR) is 82.7 cm³/mol. The van der Waals surface area contributed by atoms with Crippen molar-refractivity contribution in [3.05, 3.63) is 21.3 Å². The fourth-order valence-corrected chi connectivity index (χ4v) is 3.16. The zero-order valence-corrected chi connectivity index (χ0v) is 13.2. The SMILES string of the molecule is CC(C)C[C@H](CN)CC(=O)NCCc1ccc(Cl)s1. The Morgan fingerprint density at radius 1 is 1.47 bits per heavy atom. The van der Waals surface area contributed by atoms with Gasteiger partial charge in [0.05, 0.1) is 4.34 Å². The zero-order valence-electron chi connectivity index (χ0n) is 11.6. The first-order valence-electron chi connectivity index (χ1n) is 6.72. The van der Waals surface area contributed by atoms with Gasteiger partial charge in [0, 0.05) is 17.8 Å². The average Bonchev–Trinajstić information content (AvgIpc) is 2.73. The van der Waals surface area contributed by atoms with Gasteiger partial charge in [-0.2, -0.15) is 0 Å². The van der Waals surface area contributed by atoms with Gasteiger partial charge in [0.2, 0.25) is 5.91 Å². The fourth-order valence-electron chi connectivity index (χ4n) is 2.08. The molecule has 1 aromatic rings. The van der Waals surface area contributed by atoms with Gasteiger partial charge in [-0.1, -0.05) is 25.4 Å². The van der Waals surface area contributed by atoms with Crippen molar-refractivity contribution < 1.29 is 4.79 Å². The van der Waals surface area contributed by atoms with E-state index in [1.165, 1.54) is 4.88 Å². The van der Waals surface area contributed by atoms with Crippen molar-refractivity contribution in [2.45, 2.75) is 33.1 Å². The monoisotopic (exact) mass is 302 g/mol. The number of halogens is 1. The van der Waals surface area contributed by atoms with Crippen LogP contribution in [0.1, 0.15) is 31.6 Å². The number of amides is 1. The third-order valence-corrected chi connectivity index (χ3v) is 4.23. The molecule has 0 saturated carbocycles. The number of rotatable bonds is 8. The van der Waals surface area contributed by atoms with Crippen molar-refractivity contribution >= 4 is 28.8 Å². The molecule has 0 fully saturated rings. The highest BCUT2D eigenvalue weighted by atomic mass is 35.5. The van der Waals surface area contributed by atoms with Crippen LogP contribution in [0.15, 0.2) is 12.1 Å². The third kappa shape index (κ3) is 6.95. The number of carbonyl (C=O) groups is 1. The van der Waals surface area contributed by atoms with E-state index in [0.717, 1.165) is 17.2 Å². The summed E-state index contributed by atoms with van der Waals surface area (Å²) in [5.74, 6) is 0.963. The Hall–Kier alpha value is -0.580. The van der Waals surface area contributed by atoms with Crippen molar-refractivity contribution in [3.8, 4) is 0 Å². The second-order valence-corrected chi connectivity index (χ2v) is 7.04. The van der Waals surface area contributed by atoms with E-state index in [9.17, 15) is 4.79 Å². The molecule has 1 rings (SSSR count). The van der Waals surface area contributed by atoms with Crippen LogP contribution in [0.4, 0.5) is 0 Å². The molecule has 0 spiro atoms. The van der Waals surface area contributed by atoms with Gasteiger partial charge in [-0.3, -0.25) is 4.79 Å². The van der Waals surface area contributed by atoms with E-state index < -0.39 is 0 Å². The number of nitrogens with two attached hydrogens (primary N) is 1. The standard InChI is InChI=1S/C14H23ClN2OS/c1-10(2)7-11(9-16)8-14(18)17-6-5-12-3-4-13(15)19-12/h3-4,10-11H,5-9,16H2,1-2H3,(H,17,18)/t11-/m0/s1. The molecule has 1 amide bonds. The Morgan fingerprint density at radius 3 is 2.74 bits per heavy atom. The molecule has 0 radical (unpaired) electrons. The number of hydrogen-bond acceptors (Lipinski definition) is 3. The van der Waals surface area contributed by atoms with Gasteiger partial charge < -0.3 is 11.1 Å². The minimum absolute atomic E-state index is 0.0961. The Morgan fingerprint density at radius 2 is 2.21 bits per heavy atom. The largest absolute Gasteiger partial charge is 0.356 e. The lowest BCUT2D eigenvalue weighted by atomic mass is 9.94. The van der Waals surface area contributed by atoms with Crippen LogP contribution in [-0.2, 0) is 11.2 Å². The Balaban J connectivity index is 2.23. The van der Waals surface area contributed by atoms with E-state index in [0.29, 0.717) is 25.4 Å². The van der Waals surface area contributed by atoms with Crippen LogP contribution in [0.25, 0.3) is 0 Å². The van der Waals surface area contributed by atoms with Crippen LogP contribution in [-0.4, -0.2) is 19.0 Å². The normalized spacial score (nSPS) is 12.7. The number of carbonyl (C=O) groups excluding carboxylic acids is 1. The molecule has 0 aliphatic heterocycles. The zero-order chi connectivity index (χ0) is 14.3. The van der Waals surface area contributed by atoms with Crippen LogP contribution in [0, 0.1) is 11.8 Å². The highest BCUT2D eigenvalue weighted by Gasteiger charge is 2.13. The molecule has 0 aliphatic carbocycles. The molecule has 0 aliphatic rings.